The molecular weight excluding hydrogens is 253 g/mol. The lowest BCUT2D eigenvalue weighted by atomic mass is 10.4. The maximum absolute atomic E-state index is 13.5. The van der Waals surface area contributed by atoms with Crippen LogP contribution < -0.4 is 0 Å². The van der Waals surface area contributed by atoms with Crippen molar-refractivity contribution in [2.45, 2.75) is 4.90 Å². The Hall–Kier alpha value is -1.84. The second-order valence-electron chi connectivity index (χ2n) is 2.84. The maximum atomic E-state index is 13.5. The highest BCUT2D eigenvalue weighted by molar-refractivity contribution is 8.44. The van der Waals surface area contributed by atoms with E-state index < -0.39 is 23.4 Å². The first-order chi connectivity index (χ1) is 7.06. The van der Waals surface area contributed by atoms with Crippen LogP contribution in [-0.2, 0) is 0 Å². The molecular formula is C6H5F3N2O4S. The van der Waals surface area contributed by atoms with Gasteiger partial charge in [0.25, 0.3) is 0 Å². The topological polar surface area (TPSA) is 86.3 Å². The highest BCUT2D eigenvalue weighted by Crippen LogP contribution is 2.98. The molecule has 0 fully saturated rings. The molecule has 0 aliphatic carbocycles. The fourth-order valence-electron chi connectivity index (χ4n) is 0.923. The highest BCUT2D eigenvalue weighted by Gasteiger charge is 2.87. The van der Waals surface area contributed by atoms with Crippen molar-refractivity contribution in [1.29, 1.82) is 0 Å². The van der Waals surface area contributed by atoms with E-state index >= 15 is 0 Å². The van der Waals surface area contributed by atoms with Crippen molar-refractivity contribution < 1.29 is 20.3 Å². The molecule has 0 atom stereocenters. The van der Waals surface area contributed by atoms with Crippen molar-refractivity contribution in [2.75, 3.05) is 0 Å². The molecule has 0 heterocycles. The molecule has 0 radical (unpaired) electrons. The summed E-state index contributed by atoms with van der Waals surface area (Å²) in [7, 11) is -9.27. The molecule has 0 aromatic heterocycles. The van der Waals surface area contributed by atoms with Gasteiger partial charge in [0.1, 0.15) is 0 Å². The average Bonchev–Trinajstić information content (AvgIpc) is 2.19. The van der Waals surface area contributed by atoms with Crippen LogP contribution in [0.2, 0.25) is 0 Å². The number of hydrogen-bond acceptors (Lipinski definition) is 4. The third-order valence-electron chi connectivity index (χ3n) is 1.84. The first kappa shape index (κ1) is 12.2. The molecule has 0 saturated heterocycles. The Morgan fingerprint density at radius 2 is 1.31 bits per heavy atom. The van der Waals surface area contributed by atoms with E-state index in [1.165, 1.54) is 6.07 Å². The fraction of sp³-hybridized carbons (Fsp3) is 0. The first-order valence-corrected chi connectivity index (χ1v) is 5.74. The molecule has 0 aliphatic heterocycles. The summed E-state index contributed by atoms with van der Waals surface area (Å²) in [5.74, 6) is 0. The van der Waals surface area contributed by atoms with Crippen LogP contribution in [0.3, 0.4) is 0 Å². The zero-order valence-electron chi connectivity index (χ0n) is 7.46. The van der Waals surface area contributed by atoms with Gasteiger partial charge in [-0.1, -0.05) is 18.2 Å². The Morgan fingerprint density at radius 1 is 0.938 bits per heavy atom. The van der Waals surface area contributed by atoms with Crippen LogP contribution >= 0.6 is 9.82 Å². The third kappa shape index (κ3) is 1.16. The van der Waals surface area contributed by atoms with Gasteiger partial charge in [-0.25, -0.2) is 20.2 Å². The number of rotatable bonds is 3. The SMILES string of the molecule is O=[N+]([O-])S(F)(F)(F)(c1ccccc1)[N+](=O)[O-]. The van der Waals surface area contributed by atoms with Gasteiger partial charge in [-0.2, -0.15) is 0 Å². The summed E-state index contributed by atoms with van der Waals surface area (Å²) in [6, 6.07) is 3.49. The second-order valence-corrected chi connectivity index (χ2v) is 6.08. The van der Waals surface area contributed by atoms with Crippen molar-refractivity contribution in [3.05, 3.63) is 50.6 Å². The minimum Gasteiger partial charge on any atom is -0.243 e. The molecule has 10 heteroatoms. The number of halogens is 3. The summed E-state index contributed by atoms with van der Waals surface area (Å²) in [6.45, 7) is 0. The van der Waals surface area contributed by atoms with Gasteiger partial charge >= 0.3 is 9.82 Å². The summed E-state index contributed by atoms with van der Waals surface area (Å²) in [4.78, 5) is 18.5. The van der Waals surface area contributed by atoms with Crippen LogP contribution in [0.25, 0.3) is 0 Å². The lowest BCUT2D eigenvalue weighted by molar-refractivity contribution is -0.473. The second kappa shape index (κ2) is 2.64. The number of nitrogens with zero attached hydrogens (tertiary/aromatic N) is 2. The van der Waals surface area contributed by atoms with E-state index in [2.05, 4.69) is 0 Å². The number of nitro groups is 2. The van der Waals surface area contributed by atoms with Crippen molar-refractivity contribution in [1.82, 2.24) is 0 Å². The molecule has 1 aromatic carbocycles. The van der Waals surface area contributed by atoms with E-state index in [-0.39, 0.29) is 0 Å². The van der Waals surface area contributed by atoms with Gasteiger partial charge < -0.3 is 0 Å². The van der Waals surface area contributed by atoms with Crippen LogP contribution in [0.5, 0.6) is 0 Å². The Morgan fingerprint density at radius 3 is 1.62 bits per heavy atom. The molecule has 0 spiro atoms. The van der Waals surface area contributed by atoms with Gasteiger partial charge in [-0.15, -0.1) is 0 Å². The third-order valence-corrected chi connectivity index (χ3v) is 4.31. The zero-order valence-corrected chi connectivity index (χ0v) is 8.27. The normalized spacial score (nSPS) is 15.9. The quantitative estimate of drug-likeness (QED) is 0.616. The van der Waals surface area contributed by atoms with E-state index in [0.717, 1.165) is 12.1 Å². The minimum atomic E-state index is -9.27. The summed E-state index contributed by atoms with van der Waals surface area (Å²) in [6.07, 6.45) is 0. The minimum absolute atomic E-state index is 0.313. The monoisotopic (exact) mass is 258 g/mol. The summed E-state index contributed by atoms with van der Waals surface area (Å²) < 4.78 is 35.1. The van der Waals surface area contributed by atoms with Gasteiger partial charge in [-0.3, -0.25) is 0 Å². The number of benzene rings is 1. The van der Waals surface area contributed by atoms with E-state index in [1.54, 1.807) is 0 Å². The molecule has 6 nitrogen and oxygen atoms in total. The van der Waals surface area contributed by atoms with E-state index in [9.17, 15) is 31.9 Å². The molecule has 0 saturated carbocycles. The van der Waals surface area contributed by atoms with Gasteiger partial charge in [0, 0.05) is 0 Å². The molecule has 16 heavy (non-hydrogen) atoms. The average molecular weight is 258 g/mol. The summed E-state index contributed by atoms with van der Waals surface area (Å²) >= 11 is 0. The van der Waals surface area contributed by atoms with Crippen LogP contribution in [0.4, 0.5) is 11.7 Å². The fourth-order valence-corrected chi connectivity index (χ4v) is 2.09. The molecule has 0 N–H and O–H groups in total. The lowest BCUT2D eigenvalue weighted by Gasteiger charge is -2.39. The molecule has 1 aromatic rings. The Bertz CT molecular complexity index is 463. The van der Waals surface area contributed by atoms with E-state index in [0.29, 0.717) is 12.1 Å². The molecule has 90 valence electrons. The predicted molar refractivity (Wildman–Crippen MR) is 49.6 cm³/mol. The molecule has 0 bridgehead atoms. The van der Waals surface area contributed by atoms with Crippen molar-refractivity contribution >= 4 is 9.82 Å². The smallest absolute Gasteiger partial charge is 0.243 e. The molecule has 0 amide bonds. The molecule has 0 unspecified atom stereocenters. The van der Waals surface area contributed by atoms with Gasteiger partial charge in [0.15, 0.2) is 13.6 Å². The Balaban J connectivity index is 3.78. The van der Waals surface area contributed by atoms with Gasteiger partial charge in [0.2, 0.25) is 0 Å². The number of hydrogen-bond donors (Lipinski definition) is 0. The molecule has 0 aliphatic rings. The van der Waals surface area contributed by atoms with Crippen LogP contribution in [0.1, 0.15) is 0 Å². The van der Waals surface area contributed by atoms with Gasteiger partial charge in [-0.05, 0) is 23.8 Å². The van der Waals surface area contributed by atoms with Crippen molar-refractivity contribution in [3.8, 4) is 0 Å². The highest BCUT2D eigenvalue weighted by atomic mass is 32.4. The van der Waals surface area contributed by atoms with Crippen LogP contribution in [0.15, 0.2) is 35.2 Å². The van der Waals surface area contributed by atoms with E-state index in [4.69, 9.17) is 0 Å². The van der Waals surface area contributed by atoms with Crippen molar-refractivity contribution in [3.63, 3.8) is 0 Å². The van der Waals surface area contributed by atoms with Crippen LogP contribution in [-0.4, -0.2) is 8.66 Å². The van der Waals surface area contributed by atoms with Gasteiger partial charge in [0.05, 0.1) is 0 Å². The lowest BCUT2D eigenvalue weighted by Crippen LogP contribution is -2.37. The first-order valence-electron chi connectivity index (χ1n) is 3.67. The Kier molecular flexibility index (Phi) is 2.02. The molecule has 1 rings (SSSR count). The predicted octanol–water partition coefficient (Wildman–Crippen LogP) is 2.96. The largest absolute Gasteiger partial charge is 0.464 e. The van der Waals surface area contributed by atoms with Crippen molar-refractivity contribution in [2.24, 2.45) is 0 Å². The van der Waals surface area contributed by atoms with Crippen LogP contribution in [0, 0.1) is 20.2 Å². The Labute approximate surface area is 86.4 Å². The zero-order chi connectivity index (χ0) is 12.7. The van der Waals surface area contributed by atoms with E-state index in [1.807, 2.05) is 0 Å². The summed E-state index contributed by atoms with van der Waals surface area (Å²) in [5, 5.41) is 20.4. The summed E-state index contributed by atoms with van der Waals surface area (Å²) in [5.41, 5.74) is 0. The maximum Gasteiger partial charge on any atom is 0.464 e. The standard InChI is InChI=1S/C6H5F3N2O4S/c7-16(8,9,10(12)13,11(14)15)6-4-2-1-3-5-6/h1-5H.